The Kier molecular flexibility index (Phi) is 8.41. The third-order valence-corrected chi connectivity index (χ3v) is 6.85. The molecule has 4 rings (SSSR count). The lowest BCUT2D eigenvalue weighted by Gasteiger charge is -2.14. The molecule has 1 amide bonds. The van der Waals surface area contributed by atoms with Gasteiger partial charge < -0.3 is 5.32 Å². The molecule has 190 valence electrons. The summed E-state index contributed by atoms with van der Waals surface area (Å²) in [5.41, 5.74) is 1.18. The first kappa shape index (κ1) is 26.6. The fourth-order valence-corrected chi connectivity index (χ4v) is 4.77. The van der Waals surface area contributed by atoms with Crippen LogP contribution >= 0.6 is 23.4 Å². The smallest absolute Gasteiger partial charge is 0.266 e. The largest absolute Gasteiger partial charge is 0.352 e. The SMILES string of the molecule is CC(C)CCNC(=O)c1ccc2c(=O)n(-c3ccc(F)cc3)c(SCC(=O)c3cccc(Cl)c3)nc2c1. The molecule has 0 aliphatic heterocycles. The number of nitrogens with one attached hydrogen (secondary N) is 1. The highest BCUT2D eigenvalue weighted by molar-refractivity contribution is 7.99. The molecule has 3 aromatic carbocycles. The van der Waals surface area contributed by atoms with Crippen molar-refractivity contribution in [2.24, 2.45) is 5.92 Å². The van der Waals surface area contributed by atoms with Gasteiger partial charge in [0.2, 0.25) is 0 Å². The second-order valence-electron chi connectivity index (χ2n) is 8.90. The van der Waals surface area contributed by atoms with E-state index in [1.807, 2.05) is 0 Å². The van der Waals surface area contributed by atoms with Gasteiger partial charge in [-0.3, -0.25) is 19.0 Å². The van der Waals surface area contributed by atoms with Gasteiger partial charge >= 0.3 is 0 Å². The van der Waals surface area contributed by atoms with Gasteiger partial charge in [-0.15, -0.1) is 0 Å². The molecule has 1 heterocycles. The molecule has 0 saturated heterocycles. The molecule has 0 aliphatic carbocycles. The molecule has 1 N–H and O–H groups in total. The second-order valence-corrected chi connectivity index (χ2v) is 10.3. The van der Waals surface area contributed by atoms with Gasteiger partial charge in [-0.05, 0) is 66.9 Å². The first-order chi connectivity index (χ1) is 17.7. The van der Waals surface area contributed by atoms with Crippen LogP contribution in [0.3, 0.4) is 0 Å². The fourth-order valence-electron chi connectivity index (χ4n) is 3.67. The molecule has 0 unspecified atom stereocenters. The molecule has 0 atom stereocenters. The minimum Gasteiger partial charge on any atom is -0.352 e. The Bertz CT molecular complexity index is 1520. The monoisotopic (exact) mass is 537 g/mol. The number of halogens is 2. The van der Waals surface area contributed by atoms with Crippen molar-refractivity contribution in [3.63, 3.8) is 0 Å². The Morgan fingerprint density at radius 1 is 1.05 bits per heavy atom. The number of rotatable bonds is 9. The number of nitrogens with zero attached hydrogens (tertiary/aromatic N) is 2. The number of carbonyl (C=O) groups is 2. The summed E-state index contributed by atoms with van der Waals surface area (Å²) in [6, 6.07) is 16.8. The van der Waals surface area contributed by atoms with Gasteiger partial charge in [-0.1, -0.05) is 49.3 Å². The highest BCUT2D eigenvalue weighted by Gasteiger charge is 2.17. The third kappa shape index (κ3) is 6.45. The highest BCUT2D eigenvalue weighted by Crippen LogP contribution is 2.24. The van der Waals surface area contributed by atoms with Crippen LogP contribution in [0.15, 0.2) is 76.7 Å². The zero-order valence-corrected chi connectivity index (χ0v) is 21.9. The summed E-state index contributed by atoms with van der Waals surface area (Å²) in [5, 5.41) is 3.88. The lowest BCUT2D eigenvalue weighted by molar-refractivity contribution is 0.0951. The molecule has 0 fully saturated rings. The highest BCUT2D eigenvalue weighted by atomic mass is 35.5. The van der Waals surface area contributed by atoms with Crippen molar-refractivity contribution in [3.8, 4) is 5.69 Å². The standard InChI is InChI=1S/C28H25ClFN3O3S/c1-17(2)12-13-31-26(35)19-6-11-23-24(15-19)32-28(33(27(23)36)22-9-7-21(30)8-10-22)37-16-25(34)18-4-3-5-20(29)14-18/h3-11,14-15,17H,12-13,16H2,1-2H3,(H,31,35). The number of hydrogen-bond donors (Lipinski definition) is 1. The van der Waals surface area contributed by atoms with Gasteiger partial charge in [0.05, 0.1) is 22.3 Å². The summed E-state index contributed by atoms with van der Waals surface area (Å²) in [7, 11) is 0. The van der Waals surface area contributed by atoms with Crippen molar-refractivity contribution < 1.29 is 14.0 Å². The van der Waals surface area contributed by atoms with Crippen LogP contribution < -0.4 is 10.9 Å². The summed E-state index contributed by atoms with van der Waals surface area (Å²) in [5.74, 6) is -0.431. The second kappa shape index (κ2) is 11.7. The first-order valence-corrected chi connectivity index (χ1v) is 13.1. The molecular formula is C28H25ClFN3O3S. The topological polar surface area (TPSA) is 81.1 Å². The lowest BCUT2D eigenvalue weighted by Crippen LogP contribution is -2.26. The van der Waals surface area contributed by atoms with E-state index in [9.17, 15) is 18.8 Å². The van der Waals surface area contributed by atoms with Gasteiger partial charge in [0.25, 0.3) is 11.5 Å². The molecule has 0 radical (unpaired) electrons. The Balaban J connectivity index is 1.72. The van der Waals surface area contributed by atoms with Crippen LogP contribution in [0, 0.1) is 11.7 Å². The average Bonchev–Trinajstić information content (AvgIpc) is 2.87. The maximum Gasteiger partial charge on any atom is 0.266 e. The molecule has 6 nitrogen and oxygen atoms in total. The molecular weight excluding hydrogens is 513 g/mol. The van der Waals surface area contributed by atoms with E-state index >= 15 is 0 Å². The summed E-state index contributed by atoms with van der Waals surface area (Å²) in [4.78, 5) is 43.6. The number of benzene rings is 3. The Labute approximate surface area is 222 Å². The lowest BCUT2D eigenvalue weighted by atomic mass is 10.1. The Hall–Kier alpha value is -3.49. The minimum atomic E-state index is -0.441. The molecule has 9 heteroatoms. The predicted molar refractivity (Wildman–Crippen MR) is 146 cm³/mol. The van der Waals surface area contributed by atoms with Crippen LogP contribution in [0.5, 0.6) is 0 Å². The van der Waals surface area contributed by atoms with E-state index in [0.29, 0.717) is 45.2 Å². The number of carbonyl (C=O) groups excluding carboxylic acids is 2. The van der Waals surface area contributed by atoms with Gasteiger partial charge in [-0.2, -0.15) is 0 Å². The average molecular weight is 538 g/mol. The zero-order chi connectivity index (χ0) is 26.5. The van der Waals surface area contributed by atoms with Crippen LogP contribution in [-0.4, -0.2) is 33.5 Å². The van der Waals surface area contributed by atoms with E-state index in [1.54, 1.807) is 42.5 Å². The van der Waals surface area contributed by atoms with E-state index in [-0.39, 0.29) is 28.2 Å². The third-order valence-electron chi connectivity index (χ3n) is 5.67. The number of hydrogen-bond acceptors (Lipinski definition) is 5. The number of aromatic nitrogens is 2. The van der Waals surface area contributed by atoms with Crippen LogP contribution in [0.1, 0.15) is 41.0 Å². The quantitative estimate of drug-likeness (QED) is 0.163. The van der Waals surface area contributed by atoms with Gasteiger partial charge in [0.15, 0.2) is 10.9 Å². The fraction of sp³-hybridized carbons (Fsp3) is 0.214. The number of thioether (sulfide) groups is 1. The minimum absolute atomic E-state index is 0.00510. The number of ketones is 1. The first-order valence-electron chi connectivity index (χ1n) is 11.8. The normalized spacial score (nSPS) is 11.2. The summed E-state index contributed by atoms with van der Waals surface area (Å²) in [6.45, 7) is 4.70. The molecule has 37 heavy (non-hydrogen) atoms. The van der Waals surface area contributed by atoms with E-state index < -0.39 is 5.82 Å². The Morgan fingerprint density at radius 3 is 2.51 bits per heavy atom. The van der Waals surface area contributed by atoms with Crippen molar-refractivity contribution in [3.05, 3.63) is 99.1 Å². The number of amides is 1. The van der Waals surface area contributed by atoms with E-state index in [1.165, 1.54) is 28.8 Å². The van der Waals surface area contributed by atoms with Gasteiger partial charge in [-0.25, -0.2) is 9.37 Å². The van der Waals surface area contributed by atoms with Crippen molar-refractivity contribution in [1.82, 2.24) is 14.9 Å². The van der Waals surface area contributed by atoms with Crippen LogP contribution in [-0.2, 0) is 0 Å². The van der Waals surface area contributed by atoms with E-state index in [0.717, 1.165) is 18.2 Å². The molecule has 0 saturated carbocycles. The van der Waals surface area contributed by atoms with Gasteiger partial charge in [0, 0.05) is 22.7 Å². The summed E-state index contributed by atoms with van der Waals surface area (Å²) in [6.07, 6.45) is 0.849. The summed E-state index contributed by atoms with van der Waals surface area (Å²) >= 11 is 7.10. The summed E-state index contributed by atoms with van der Waals surface area (Å²) < 4.78 is 14.9. The maximum atomic E-state index is 13.6. The molecule has 0 bridgehead atoms. The molecule has 0 spiro atoms. The number of fused-ring (bicyclic) bond motifs is 1. The Morgan fingerprint density at radius 2 is 1.81 bits per heavy atom. The van der Waals surface area contributed by atoms with Crippen molar-refractivity contribution in [2.75, 3.05) is 12.3 Å². The van der Waals surface area contributed by atoms with Crippen molar-refractivity contribution in [1.29, 1.82) is 0 Å². The van der Waals surface area contributed by atoms with Crippen molar-refractivity contribution >= 4 is 46.0 Å². The van der Waals surface area contributed by atoms with E-state index in [4.69, 9.17) is 11.6 Å². The van der Waals surface area contributed by atoms with E-state index in [2.05, 4.69) is 24.1 Å². The number of Topliss-reactive ketones (excluding diaryl/α,β-unsaturated/α-hetero) is 1. The van der Waals surface area contributed by atoms with Crippen LogP contribution in [0.2, 0.25) is 5.02 Å². The van der Waals surface area contributed by atoms with Crippen LogP contribution in [0.25, 0.3) is 16.6 Å². The molecule has 4 aromatic rings. The van der Waals surface area contributed by atoms with Crippen molar-refractivity contribution in [2.45, 2.75) is 25.4 Å². The molecule has 0 aliphatic rings. The zero-order valence-electron chi connectivity index (χ0n) is 20.3. The molecule has 1 aromatic heterocycles. The van der Waals surface area contributed by atoms with Gasteiger partial charge in [0.1, 0.15) is 5.82 Å². The maximum absolute atomic E-state index is 13.6. The predicted octanol–water partition coefficient (Wildman–Crippen LogP) is 5.93. The van der Waals surface area contributed by atoms with Crippen LogP contribution in [0.4, 0.5) is 4.39 Å².